The van der Waals surface area contributed by atoms with Gasteiger partial charge in [-0.05, 0) is 12.8 Å². The minimum absolute atomic E-state index is 0.0444. The fraction of sp³-hybridized carbons (Fsp3) is 0.467. The Kier molecular flexibility index (Phi) is 5.17. The summed E-state index contributed by atoms with van der Waals surface area (Å²) in [6, 6.07) is 0.331. The number of anilines is 1. The molecule has 10 nitrogen and oxygen atoms in total. The first-order valence-electron chi connectivity index (χ1n) is 7.85. The average molecular weight is 345 g/mol. The number of nitrogens with zero attached hydrogens (tertiary/aromatic N) is 6. The zero-order valence-electron chi connectivity index (χ0n) is 14.0. The van der Waals surface area contributed by atoms with Crippen LogP contribution in [0, 0.1) is 0 Å². The first-order valence-corrected chi connectivity index (χ1v) is 7.85. The number of carbonyl (C=O) groups excluding carboxylic acids is 1. The molecule has 132 valence electrons. The molecule has 2 aromatic heterocycles. The Labute approximate surface area is 144 Å². The van der Waals surface area contributed by atoms with E-state index in [1.54, 1.807) is 0 Å². The standard InChI is InChI=1S/C15H19N7O3/c1-24-14-19-13(20-15(21-14)25-2)22-7-3-4-10(9-22)18-12(23)11-8-16-5-6-17-11/h5-6,8,10H,3-4,7,9H2,1-2H3,(H,18,23). The number of hydrogen-bond donors (Lipinski definition) is 1. The van der Waals surface area contributed by atoms with E-state index in [0.717, 1.165) is 19.4 Å². The Hall–Kier alpha value is -3.04. The molecule has 0 aromatic carbocycles. The topological polar surface area (TPSA) is 115 Å². The Morgan fingerprint density at radius 3 is 2.60 bits per heavy atom. The molecule has 1 unspecified atom stereocenters. The minimum atomic E-state index is -0.245. The van der Waals surface area contributed by atoms with Gasteiger partial charge in [0.1, 0.15) is 5.69 Å². The molecule has 1 amide bonds. The van der Waals surface area contributed by atoms with Crippen molar-refractivity contribution in [2.45, 2.75) is 18.9 Å². The predicted molar refractivity (Wildman–Crippen MR) is 87.7 cm³/mol. The number of aromatic nitrogens is 5. The molecule has 2 aromatic rings. The van der Waals surface area contributed by atoms with Crippen molar-refractivity contribution in [1.82, 2.24) is 30.2 Å². The number of piperidine rings is 1. The lowest BCUT2D eigenvalue weighted by Crippen LogP contribution is -2.48. The third-order valence-electron chi connectivity index (χ3n) is 3.78. The molecule has 3 rings (SSSR count). The highest BCUT2D eigenvalue weighted by Gasteiger charge is 2.25. The second kappa shape index (κ2) is 7.69. The van der Waals surface area contributed by atoms with E-state index < -0.39 is 0 Å². The number of methoxy groups -OCH3 is 2. The quantitative estimate of drug-likeness (QED) is 0.804. The normalized spacial score (nSPS) is 17.0. The lowest BCUT2D eigenvalue weighted by Gasteiger charge is -2.33. The molecule has 0 radical (unpaired) electrons. The van der Waals surface area contributed by atoms with Crippen LogP contribution in [0.5, 0.6) is 12.0 Å². The Balaban J connectivity index is 1.70. The van der Waals surface area contributed by atoms with Crippen LogP contribution in [-0.2, 0) is 0 Å². The zero-order chi connectivity index (χ0) is 17.6. The highest BCUT2D eigenvalue weighted by Crippen LogP contribution is 2.20. The van der Waals surface area contributed by atoms with Gasteiger partial charge >= 0.3 is 12.0 Å². The number of carbonyl (C=O) groups is 1. The van der Waals surface area contributed by atoms with Gasteiger partial charge in [-0.25, -0.2) is 4.98 Å². The number of ether oxygens (including phenoxy) is 2. The van der Waals surface area contributed by atoms with Gasteiger partial charge in [-0.2, -0.15) is 9.97 Å². The van der Waals surface area contributed by atoms with Crippen molar-refractivity contribution in [1.29, 1.82) is 0 Å². The molecule has 3 heterocycles. The first-order chi connectivity index (χ1) is 12.2. The van der Waals surface area contributed by atoms with Crippen LogP contribution in [0.4, 0.5) is 5.95 Å². The molecule has 1 aliphatic rings. The van der Waals surface area contributed by atoms with Crippen molar-refractivity contribution in [3.8, 4) is 12.0 Å². The second-order valence-corrected chi connectivity index (χ2v) is 5.46. The summed E-state index contributed by atoms with van der Waals surface area (Å²) in [5, 5.41) is 2.98. The van der Waals surface area contributed by atoms with Gasteiger partial charge in [0.25, 0.3) is 5.91 Å². The van der Waals surface area contributed by atoms with Gasteiger partial charge in [-0.15, -0.1) is 4.98 Å². The summed E-state index contributed by atoms with van der Waals surface area (Å²) >= 11 is 0. The maximum Gasteiger partial charge on any atom is 0.324 e. The first kappa shape index (κ1) is 16.8. The van der Waals surface area contributed by atoms with Gasteiger partial charge in [-0.1, -0.05) is 0 Å². The summed E-state index contributed by atoms with van der Waals surface area (Å²) in [5.41, 5.74) is 0.295. The van der Waals surface area contributed by atoms with Crippen LogP contribution in [0.3, 0.4) is 0 Å². The van der Waals surface area contributed by atoms with Crippen LogP contribution in [-0.4, -0.2) is 64.2 Å². The summed E-state index contributed by atoms with van der Waals surface area (Å²) in [6.07, 6.45) is 6.22. The molecule has 0 spiro atoms. The van der Waals surface area contributed by atoms with Gasteiger partial charge < -0.3 is 19.7 Å². The highest BCUT2D eigenvalue weighted by atomic mass is 16.5. The van der Waals surface area contributed by atoms with Crippen LogP contribution in [0.1, 0.15) is 23.3 Å². The zero-order valence-corrected chi connectivity index (χ0v) is 14.0. The van der Waals surface area contributed by atoms with Crippen LogP contribution in [0.15, 0.2) is 18.6 Å². The third kappa shape index (κ3) is 4.08. The maximum absolute atomic E-state index is 12.2. The van der Waals surface area contributed by atoms with Crippen molar-refractivity contribution in [2.24, 2.45) is 0 Å². The molecule has 25 heavy (non-hydrogen) atoms. The van der Waals surface area contributed by atoms with Crippen LogP contribution < -0.4 is 19.7 Å². The van der Waals surface area contributed by atoms with Gasteiger partial charge in [0.05, 0.1) is 20.4 Å². The maximum atomic E-state index is 12.2. The van der Waals surface area contributed by atoms with E-state index in [9.17, 15) is 4.79 Å². The van der Waals surface area contributed by atoms with Gasteiger partial charge in [0.15, 0.2) is 0 Å². The van der Waals surface area contributed by atoms with Gasteiger partial charge in [0.2, 0.25) is 5.95 Å². The van der Waals surface area contributed by atoms with Crippen LogP contribution >= 0.6 is 0 Å². The molecular formula is C15H19N7O3. The Morgan fingerprint density at radius 2 is 1.96 bits per heavy atom. The molecule has 0 saturated carbocycles. The molecular weight excluding hydrogens is 326 g/mol. The van der Waals surface area contributed by atoms with Gasteiger partial charge in [0, 0.05) is 31.5 Å². The molecule has 1 saturated heterocycles. The lowest BCUT2D eigenvalue weighted by atomic mass is 10.1. The molecule has 1 atom stereocenters. The van der Waals surface area contributed by atoms with Crippen molar-refractivity contribution < 1.29 is 14.3 Å². The van der Waals surface area contributed by atoms with E-state index in [2.05, 4.69) is 30.2 Å². The SMILES string of the molecule is COc1nc(OC)nc(N2CCCC(NC(=O)c3cnccn3)C2)n1. The van der Waals surface area contributed by atoms with Crippen molar-refractivity contribution >= 4 is 11.9 Å². The molecule has 0 bridgehead atoms. The van der Waals surface area contributed by atoms with Crippen molar-refractivity contribution in [2.75, 3.05) is 32.2 Å². The predicted octanol–water partition coefficient (Wildman–Crippen LogP) is 0.0776. The van der Waals surface area contributed by atoms with E-state index in [1.165, 1.54) is 32.8 Å². The molecule has 0 aliphatic carbocycles. The highest BCUT2D eigenvalue weighted by molar-refractivity contribution is 5.92. The number of hydrogen-bond acceptors (Lipinski definition) is 9. The summed E-state index contributed by atoms with van der Waals surface area (Å²) < 4.78 is 10.2. The molecule has 1 N–H and O–H groups in total. The monoisotopic (exact) mass is 345 g/mol. The van der Waals surface area contributed by atoms with E-state index in [0.29, 0.717) is 18.2 Å². The number of rotatable bonds is 5. The fourth-order valence-electron chi connectivity index (χ4n) is 2.60. The number of nitrogens with one attached hydrogen (secondary N) is 1. The Bertz CT molecular complexity index is 706. The van der Waals surface area contributed by atoms with Crippen molar-refractivity contribution in [3.05, 3.63) is 24.3 Å². The molecule has 1 fully saturated rings. The lowest BCUT2D eigenvalue weighted by molar-refractivity contribution is 0.0927. The smallest absolute Gasteiger partial charge is 0.324 e. The fourth-order valence-corrected chi connectivity index (χ4v) is 2.60. The second-order valence-electron chi connectivity index (χ2n) is 5.46. The van der Waals surface area contributed by atoms with Gasteiger partial charge in [-0.3, -0.25) is 9.78 Å². The average Bonchev–Trinajstić information content (AvgIpc) is 2.68. The Morgan fingerprint density at radius 1 is 1.20 bits per heavy atom. The van der Waals surface area contributed by atoms with E-state index in [4.69, 9.17) is 9.47 Å². The summed E-state index contributed by atoms with van der Waals surface area (Å²) in [6.45, 7) is 1.34. The van der Waals surface area contributed by atoms with Crippen LogP contribution in [0.2, 0.25) is 0 Å². The summed E-state index contributed by atoms with van der Waals surface area (Å²) in [4.78, 5) is 34.7. The van der Waals surface area contributed by atoms with E-state index in [-0.39, 0.29) is 24.0 Å². The van der Waals surface area contributed by atoms with Crippen LogP contribution in [0.25, 0.3) is 0 Å². The summed E-state index contributed by atoms with van der Waals surface area (Å²) in [5.74, 6) is 0.216. The largest absolute Gasteiger partial charge is 0.467 e. The number of amides is 1. The van der Waals surface area contributed by atoms with E-state index >= 15 is 0 Å². The molecule has 1 aliphatic heterocycles. The minimum Gasteiger partial charge on any atom is -0.467 e. The molecule has 10 heteroatoms. The summed E-state index contributed by atoms with van der Waals surface area (Å²) in [7, 11) is 2.97. The third-order valence-corrected chi connectivity index (χ3v) is 3.78. The van der Waals surface area contributed by atoms with E-state index in [1.807, 2.05) is 4.90 Å². The van der Waals surface area contributed by atoms with Crippen molar-refractivity contribution in [3.63, 3.8) is 0 Å².